The summed E-state index contributed by atoms with van der Waals surface area (Å²) in [5, 5.41) is 11.4. The Morgan fingerprint density at radius 1 is 1.04 bits per heavy atom. The summed E-state index contributed by atoms with van der Waals surface area (Å²) in [7, 11) is 0. The van der Waals surface area contributed by atoms with Gasteiger partial charge in [-0.2, -0.15) is 0 Å². The normalized spacial score (nSPS) is 45.0. The summed E-state index contributed by atoms with van der Waals surface area (Å²) in [4.78, 5) is 12.5. The van der Waals surface area contributed by atoms with Crippen LogP contribution >= 0.6 is 0 Å². The van der Waals surface area contributed by atoms with E-state index in [4.69, 9.17) is 0 Å². The first-order valence-corrected chi connectivity index (χ1v) is 12.9. The number of ketones is 1. The van der Waals surface area contributed by atoms with Crippen molar-refractivity contribution in [2.24, 2.45) is 28.6 Å². The van der Waals surface area contributed by atoms with Crippen molar-refractivity contribution in [3.8, 4) is 0 Å². The van der Waals surface area contributed by atoms with Crippen molar-refractivity contribution in [1.82, 2.24) is 0 Å². The number of carbonyl (C=O) groups excluding carboxylic acids is 1. The Labute approximate surface area is 175 Å². The Morgan fingerprint density at radius 3 is 2.61 bits per heavy atom. The summed E-state index contributed by atoms with van der Waals surface area (Å²) in [5.74, 6) is 2.41. The van der Waals surface area contributed by atoms with E-state index in [-0.39, 0.29) is 16.9 Å². The van der Waals surface area contributed by atoms with E-state index in [1.165, 1.54) is 29.3 Å². The van der Waals surface area contributed by atoms with Gasteiger partial charge in [0.1, 0.15) is 0 Å². The molecule has 7 atom stereocenters. The fourth-order valence-electron chi connectivity index (χ4n) is 7.31. The minimum atomic E-state index is -0.156. The summed E-state index contributed by atoms with van der Waals surface area (Å²) in [6, 6.07) is 10.8. The van der Waals surface area contributed by atoms with E-state index in [2.05, 4.69) is 44.2 Å². The zero-order chi connectivity index (χ0) is 19.5. The molecule has 0 amide bonds. The molecule has 150 valence electrons. The van der Waals surface area contributed by atoms with Gasteiger partial charge in [-0.1, -0.05) is 0 Å². The molecule has 6 unspecified atom stereocenters. The van der Waals surface area contributed by atoms with Gasteiger partial charge in [0.25, 0.3) is 0 Å². The van der Waals surface area contributed by atoms with Crippen molar-refractivity contribution < 1.29 is 9.90 Å². The van der Waals surface area contributed by atoms with Gasteiger partial charge in [-0.05, 0) is 0 Å². The molecule has 1 aromatic rings. The van der Waals surface area contributed by atoms with Crippen molar-refractivity contribution in [2.75, 3.05) is 0 Å². The SMILES string of the molecule is CC12CCC(=O)C=C1CCC1C2CCC2(C)C1C[C@H]([Se]c1ccccc1)C2O. The van der Waals surface area contributed by atoms with E-state index in [1.54, 1.807) is 0 Å². The van der Waals surface area contributed by atoms with E-state index in [1.807, 2.05) is 6.08 Å². The van der Waals surface area contributed by atoms with Crippen LogP contribution in [0.5, 0.6) is 0 Å². The molecule has 0 spiro atoms. The minimum absolute atomic E-state index is 0.0877. The van der Waals surface area contributed by atoms with Gasteiger partial charge in [0.05, 0.1) is 0 Å². The van der Waals surface area contributed by atoms with Gasteiger partial charge in [-0.25, -0.2) is 0 Å². The second-order valence-electron chi connectivity index (χ2n) is 10.2. The number of hydrogen-bond donors (Lipinski definition) is 1. The van der Waals surface area contributed by atoms with Crippen molar-refractivity contribution in [3.63, 3.8) is 0 Å². The van der Waals surface area contributed by atoms with Gasteiger partial charge in [0.15, 0.2) is 0 Å². The van der Waals surface area contributed by atoms with Crippen molar-refractivity contribution in [1.29, 1.82) is 0 Å². The van der Waals surface area contributed by atoms with Crippen LogP contribution in [-0.4, -0.2) is 32.0 Å². The topological polar surface area (TPSA) is 37.3 Å². The molecule has 0 radical (unpaired) electrons. The standard InChI is InChI=1S/C25H32O2Se/c1-24-12-10-17(26)14-16(24)8-9-19-20(24)11-13-25(2)21(19)15-22(23(25)27)28-18-6-4-3-5-7-18/h3-7,14,19-23,27H,8-13,15H2,1-2H3/t19?,20?,21?,22-,23?,24?,25?/m0/s1. The molecule has 28 heavy (non-hydrogen) atoms. The van der Waals surface area contributed by atoms with Gasteiger partial charge < -0.3 is 0 Å². The van der Waals surface area contributed by atoms with E-state index in [9.17, 15) is 9.90 Å². The number of allylic oxidation sites excluding steroid dienone is 1. The summed E-state index contributed by atoms with van der Waals surface area (Å²) in [6.45, 7) is 4.83. The van der Waals surface area contributed by atoms with Crippen LogP contribution < -0.4 is 4.46 Å². The second-order valence-corrected chi connectivity index (χ2v) is 12.9. The second kappa shape index (κ2) is 6.83. The number of carbonyl (C=O) groups is 1. The third-order valence-electron chi connectivity index (χ3n) is 8.94. The van der Waals surface area contributed by atoms with Crippen molar-refractivity contribution >= 4 is 25.2 Å². The van der Waals surface area contributed by atoms with Crippen LogP contribution in [-0.2, 0) is 4.79 Å². The Morgan fingerprint density at radius 2 is 1.82 bits per heavy atom. The van der Waals surface area contributed by atoms with Crippen LogP contribution in [0.2, 0.25) is 4.82 Å². The number of aliphatic hydroxyl groups excluding tert-OH is 1. The molecular formula is C25H32O2Se. The molecular weight excluding hydrogens is 411 g/mol. The molecule has 3 heteroatoms. The van der Waals surface area contributed by atoms with Crippen LogP contribution in [0.3, 0.4) is 0 Å². The number of fused-ring (bicyclic) bond motifs is 5. The maximum atomic E-state index is 12.0. The van der Waals surface area contributed by atoms with Gasteiger partial charge in [-0.15, -0.1) is 0 Å². The summed E-state index contributed by atoms with van der Waals surface area (Å²) in [6.07, 6.45) is 9.50. The van der Waals surface area contributed by atoms with Crippen LogP contribution in [0.1, 0.15) is 58.8 Å². The fourth-order valence-corrected chi connectivity index (χ4v) is 10.3. The average molecular weight is 443 g/mol. The third-order valence-corrected chi connectivity index (χ3v) is 11.7. The van der Waals surface area contributed by atoms with Crippen molar-refractivity contribution in [3.05, 3.63) is 42.0 Å². The predicted molar refractivity (Wildman–Crippen MR) is 114 cm³/mol. The molecule has 3 fully saturated rings. The predicted octanol–water partition coefficient (Wildman–Crippen LogP) is 4.31. The Hall–Kier alpha value is -0.891. The van der Waals surface area contributed by atoms with Crippen LogP contribution in [0.25, 0.3) is 0 Å². The molecule has 0 aliphatic heterocycles. The number of hydrogen-bond acceptors (Lipinski definition) is 2. The molecule has 1 N–H and O–H groups in total. The molecule has 3 saturated carbocycles. The molecule has 0 bridgehead atoms. The van der Waals surface area contributed by atoms with E-state index in [0.717, 1.165) is 31.6 Å². The van der Waals surface area contributed by atoms with E-state index in [0.29, 0.717) is 37.4 Å². The quantitative estimate of drug-likeness (QED) is 0.692. The molecule has 0 saturated heterocycles. The molecule has 2 nitrogen and oxygen atoms in total. The maximum absolute atomic E-state index is 12.0. The van der Waals surface area contributed by atoms with Gasteiger partial charge in [-0.3, -0.25) is 0 Å². The third kappa shape index (κ3) is 2.81. The summed E-state index contributed by atoms with van der Waals surface area (Å²) in [5.41, 5.74) is 1.76. The molecule has 4 aliphatic rings. The first-order chi connectivity index (χ1) is 13.4. The zero-order valence-corrected chi connectivity index (χ0v) is 18.8. The Bertz CT molecular complexity index is 802. The van der Waals surface area contributed by atoms with E-state index < -0.39 is 0 Å². The van der Waals surface area contributed by atoms with Crippen molar-refractivity contribution in [2.45, 2.75) is 69.7 Å². The molecule has 4 aliphatic carbocycles. The fraction of sp³-hybridized carbons (Fsp3) is 0.640. The van der Waals surface area contributed by atoms with Crippen LogP contribution in [0.15, 0.2) is 42.0 Å². The average Bonchev–Trinajstić information content (AvgIpc) is 2.94. The Balaban J connectivity index is 1.42. The molecule has 5 rings (SSSR count). The zero-order valence-electron chi connectivity index (χ0n) is 17.1. The molecule has 0 aromatic heterocycles. The van der Waals surface area contributed by atoms with E-state index >= 15 is 0 Å². The first kappa shape index (κ1) is 19.1. The summed E-state index contributed by atoms with van der Waals surface area (Å²) < 4.78 is 1.42. The number of rotatable bonds is 2. The van der Waals surface area contributed by atoms with Gasteiger partial charge >= 0.3 is 175 Å². The summed E-state index contributed by atoms with van der Waals surface area (Å²) >= 11 is 0.345. The number of aliphatic hydroxyl groups is 1. The molecule has 0 heterocycles. The van der Waals surface area contributed by atoms with Gasteiger partial charge in [0, 0.05) is 0 Å². The Kier molecular flexibility index (Phi) is 4.65. The number of benzene rings is 1. The van der Waals surface area contributed by atoms with Crippen LogP contribution in [0.4, 0.5) is 0 Å². The van der Waals surface area contributed by atoms with Gasteiger partial charge in [0.2, 0.25) is 0 Å². The monoisotopic (exact) mass is 444 g/mol. The van der Waals surface area contributed by atoms with Crippen LogP contribution in [0, 0.1) is 28.6 Å². The first-order valence-electron chi connectivity index (χ1n) is 11.1. The molecule has 1 aromatic carbocycles.